The van der Waals surface area contributed by atoms with E-state index in [4.69, 9.17) is 0 Å². The van der Waals surface area contributed by atoms with Crippen LogP contribution in [0, 0.1) is 5.92 Å². The van der Waals surface area contributed by atoms with Gasteiger partial charge in [0.15, 0.2) is 0 Å². The van der Waals surface area contributed by atoms with Crippen molar-refractivity contribution < 1.29 is 0 Å². The Balaban J connectivity index is 1.58. The zero-order chi connectivity index (χ0) is 12.5. The Morgan fingerprint density at radius 2 is 1.83 bits per heavy atom. The second-order valence-corrected chi connectivity index (χ2v) is 6.14. The van der Waals surface area contributed by atoms with Gasteiger partial charge in [0.05, 0.1) is 0 Å². The quantitative estimate of drug-likeness (QED) is 0.876. The fraction of sp³-hybridized carbons (Fsp3) is 0.625. The van der Waals surface area contributed by atoms with E-state index < -0.39 is 0 Å². The van der Waals surface area contributed by atoms with E-state index in [1.54, 1.807) is 11.1 Å². The van der Waals surface area contributed by atoms with Crippen molar-refractivity contribution in [2.45, 2.75) is 51.9 Å². The molecule has 0 saturated heterocycles. The number of hydrogen-bond donors (Lipinski definition) is 1. The Bertz CT molecular complexity index is 388. The molecule has 1 aromatic rings. The van der Waals surface area contributed by atoms with E-state index >= 15 is 0 Å². The van der Waals surface area contributed by atoms with Gasteiger partial charge in [0, 0.05) is 25.2 Å². The normalized spacial score (nSPS) is 27.3. The molecule has 1 aliphatic carbocycles. The van der Waals surface area contributed by atoms with Crippen molar-refractivity contribution in [3.63, 3.8) is 0 Å². The zero-order valence-corrected chi connectivity index (χ0v) is 11.5. The molecule has 1 aliphatic heterocycles. The lowest BCUT2D eigenvalue weighted by Gasteiger charge is -2.43. The average molecular weight is 244 g/mol. The summed E-state index contributed by atoms with van der Waals surface area (Å²) in [6.07, 6.45) is 2.79. The average Bonchev–Trinajstić information content (AvgIpc) is 2.69. The molecule has 0 spiro atoms. The van der Waals surface area contributed by atoms with Gasteiger partial charge < -0.3 is 5.32 Å². The van der Waals surface area contributed by atoms with Crippen LogP contribution in [0.3, 0.4) is 0 Å². The lowest BCUT2D eigenvalue weighted by Crippen LogP contribution is -2.49. The number of fused-ring (bicyclic) bond motifs is 1. The molecule has 0 bridgehead atoms. The first-order valence-electron chi connectivity index (χ1n) is 7.28. The summed E-state index contributed by atoms with van der Waals surface area (Å²) in [4.78, 5) is 2.68. The number of hydrogen-bond acceptors (Lipinski definition) is 2. The van der Waals surface area contributed by atoms with Crippen LogP contribution in [0.25, 0.3) is 0 Å². The summed E-state index contributed by atoms with van der Waals surface area (Å²) < 4.78 is 0. The first kappa shape index (κ1) is 12.2. The van der Waals surface area contributed by atoms with Crippen LogP contribution in [0.1, 0.15) is 37.8 Å². The molecule has 2 aliphatic rings. The molecule has 1 saturated carbocycles. The van der Waals surface area contributed by atoms with Gasteiger partial charge in [0.2, 0.25) is 0 Å². The fourth-order valence-electron chi connectivity index (χ4n) is 3.25. The number of nitrogens with one attached hydrogen (secondary N) is 1. The Morgan fingerprint density at radius 1 is 1.17 bits per heavy atom. The minimum atomic E-state index is 0.613. The van der Waals surface area contributed by atoms with E-state index in [1.807, 2.05) is 0 Å². The van der Waals surface area contributed by atoms with Gasteiger partial charge in [0.1, 0.15) is 0 Å². The van der Waals surface area contributed by atoms with E-state index in [-0.39, 0.29) is 0 Å². The Morgan fingerprint density at radius 3 is 2.33 bits per heavy atom. The first-order chi connectivity index (χ1) is 8.74. The maximum absolute atomic E-state index is 3.60. The van der Waals surface area contributed by atoms with Crippen LogP contribution >= 0.6 is 0 Å². The van der Waals surface area contributed by atoms with Crippen molar-refractivity contribution in [3.05, 3.63) is 35.4 Å². The molecule has 0 radical (unpaired) electrons. The van der Waals surface area contributed by atoms with Crippen LogP contribution in [0.5, 0.6) is 0 Å². The molecule has 1 heterocycles. The Labute approximate surface area is 110 Å². The summed E-state index contributed by atoms with van der Waals surface area (Å²) in [6.45, 7) is 7.99. The van der Waals surface area contributed by atoms with Crippen LogP contribution < -0.4 is 5.32 Å². The van der Waals surface area contributed by atoms with Gasteiger partial charge in [-0.3, -0.25) is 4.90 Å². The van der Waals surface area contributed by atoms with Crippen molar-refractivity contribution in [3.8, 4) is 0 Å². The predicted molar refractivity (Wildman–Crippen MR) is 75.3 cm³/mol. The van der Waals surface area contributed by atoms with Gasteiger partial charge in [-0.15, -0.1) is 0 Å². The molecule has 0 amide bonds. The lowest BCUT2D eigenvalue weighted by molar-refractivity contribution is 0.0582. The predicted octanol–water partition coefficient (Wildman–Crippen LogP) is 2.78. The third kappa shape index (κ3) is 2.32. The Hall–Kier alpha value is -0.860. The topological polar surface area (TPSA) is 15.3 Å². The zero-order valence-electron chi connectivity index (χ0n) is 11.5. The molecule has 98 valence electrons. The molecular formula is C16H24N2. The highest BCUT2D eigenvalue weighted by Crippen LogP contribution is 2.36. The summed E-state index contributed by atoms with van der Waals surface area (Å²) in [6, 6.07) is 10.3. The second-order valence-electron chi connectivity index (χ2n) is 6.14. The summed E-state index contributed by atoms with van der Waals surface area (Å²) in [5.74, 6) is 0.863. The largest absolute Gasteiger partial charge is 0.314 e. The molecule has 0 aromatic heterocycles. The van der Waals surface area contributed by atoms with Crippen LogP contribution in [-0.4, -0.2) is 23.5 Å². The van der Waals surface area contributed by atoms with E-state index in [9.17, 15) is 0 Å². The smallest absolute Gasteiger partial charge is 0.0243 e. The highest BCUT2D eigenvalue weighted by atomic mass is 15.2. The van der Waals surface area contributed by atoms with E-state index in [0.29, 0.717) is 6.04 Å². The van der Waals surface area contributed by atoms with Gasteiger partial charge in [0.25, 0.3) is 0 Å². The van der Waals surface area contributed by atoms with Crippen molar-refractivity contribution in [1.82, 2.24) is 10.2 Å². The first-order valence-corrected chi connectivity index (χ1v) is 7.28. The molecular weight excluding hydrogens is 220 g/mol. The molecule has 2 atom stereocenters. The third-order valence-corrected chi connectivity index (χ3v) is 4.50. The second kappa shape index (κ2) is 5.02. The summed E-state index contributed by atoms with van der Waals surface area (Å²) in [5.41, 5.74) is 3.08. The number of nitrogens with zero attached hydrogens (tertiary/aromatic N) is 1. The molecule has 1 N–H and O–H groups in total. The number of rotatable bonds is 4. The standard InChI is InChI=1S/C16H24N2/c1-12(2)17-9-13-7-8-16(13)18-10-14-5-3-4-6-15(14)11-18/h3-6,12-13,16-17H,7-11H2,1-2H3. The van der Waals surface area contributed by atoms with Crippen LogP contribution in [0.2, 0.25) is 0 Å². The van der Waals surface area contributed by atoms with E-state index in [1.165, 1.54) is 32.5 Å². The highest BCUT2D eigenvalue weighted by molar-refractivity contribution is 5.30. The summed E-state index contributed by atoms with van der Waals surface area (Å²) in [7, 11) is 0. The monoisotopic (exact) mass is 244 g/mol. The fourth-order valence-corrected chi connectivity index (χ4v) is 3.25. The van der Waals surface area contributed by atoms with Crippen LogP contribution in [-0.2, 0) is 13.1 Å². The molecule has 2 unspecified atom stereocenters. The molecule has 2 nitrogen and oxygen atoms in total. The van der Waals surface area contributed by atoms with Gasteiger partial charge in [-0.2, -0.15) is 0 Å². The van der Waals surface area contributed by atoms with Crippen molar-refractivity contribution in [2.75, 3.05) is 6.54 Å². The van der Waals surface area contributed by atoms with E-state index in [2.05, 4.69) is 48.3 Å². The molecule has 18 heavy (non-hydrogen) atoms. The lowest BCUT2D eigenvalue weighted by atomic mass is 9.78. The highest BCUT2D eigenvalue weighted by Gasteiger charge is 2.37. The minimum absolute atomic E-state index is 0.613. The van der Waals surface area contributed by atoms with Crippen molar-refractivity contribution >= 4 is 0 Å². The summed E-state index contributed by atoms with van der Waals surface area (Å²) in [5, 5.41) is 3.60. The van der Waals surface area contributed by atoms with E-state index in [0.717, 1.165) is 12.0 Å². The van der Waals surface area contributed by atoms with Gasteiger partial charge in [-0.1, -0.05) is 38.1 Å². The minimum Gasteiger partial charge on any atom is -0.314 e. The number of benzene rings is 1. The Kier molecular flexibility index (Phi) is 3.40. The van der Waals surface area contributed by atoms with Gasteiger partial charge >= 0.3 is 0 Å². The van der Waals surface area contributed by atoms with Crippen LogP contribution in [0.15, 0.2) is 24.3 Å². The van der Waals surface area contributed by atoms with Gasteiger partial charge in [-0.05, 0) is 36.4 Å². The summed E-state index contributed by atoms with van der Waals surface area (Å²) >= 11 is 0. The molecule has 2 heteroatoms. The van der Waals surface area contributed by atoms with Crippen molar-refractivity contribution in [2.24, 2.45) is 5.92 Å². The molecule has 1 fully saturated rings. The van der Waals surface area contributed by atoms with Gasteiger partial charge in [-0.25, -0.2) is 0 Å². The van der Waals surface area contributed by atoms with Crippen molar-refractivity contribution in [1.29, 1.82) is 0 Å². The molecule has 3 rings (SSSR count). The maximum atomic E-state index is 3.60. The van der Waals surface area contributed by atoms with Crippen LogP contribution in [0.4, 0.5) is 0 Å². The third-order valence-electron chi connectivity index (χ3n) is 4.50. The molecule has 1 aromatic carbocycles. The maximum Gasteiger partial charge on any atom is 0.0243 e. The SMILES string of the molecule is CC(C)NCC1CCC1N1Cc2ccccc2C1.